The molecule has 0 bridgehead atoms. The Morgan fingerprint density at radius 3 is 2.08 bits per heavy atom. The molecule has 1 saturated carbocycles. The number of ether oxygens (including phenoxy) is 1. The van der Waals surface area contributed by atoms with E-state index in [1.54, 1.807) is 47.5 Å². The molecule has 0 spiro atoms. The van der Waals surface area contributed by atoms with E-state index in [2.05, 4.69) is 39.0 Å². The number of piperidine rings is 2. The standard InChI is InChI=1S/C38H46N4O5S/c43-37(25-28-15-21-40(22-16-28)27-29-3-6-31(7-4-29)41-19-1-2-20-41)30-5-14-36(39-26-30)38(44)42-23-17-33(18-24-42)47-32-8-10-34(11-9-32)48(45,46)35-12-13-35/h3-11,14,26,28,33,35H,1-2,12-13,15-25,27H2. The first-order chi connectivity index (χ1) is 23.3. The van der Waals surface area contributed by atoms with Gasteiger partial charge in [0.25, 0.3) is 5.91 Å². The number of carbonyl (C=O) groups is 2. The summed E-state index contributed by atoms with van der Waals surface area (Å²) in [6, 6.07) is 19.1. The largest absolute Gasteiger partial charge is 0.490 e. The fourth-order valence-corrected chi connectivity index (χ4v) is 8.93. The summed E-state index contributed by atoms with van der Waals surface area (Å²) < 4.78 is 31.0. The molecule has 48 heavy (non-hydrogen) atoms. The average Bonchev–Trinajstić information content (AvgIpc) is 3.85. The molecule has 0 unspecified atom stereocenters. The van der Waals surface area contributed by atoms with Crippen LogP contribution in [-0.4, -0.2) is 85.5 Å². The van der Waals surface area contributed by atoms with E-state index in [0.717, 1.165) is 58.4 Å². The zero-order valence-electron chi connectivity index (χ0n) is 27.6. The zero-order chi connectivity index (χ0) is 33.1. The lowest BCUT2D eigenvalue weighted by Crippen LogP contribution is -2.42. The number of hydrogen-bond donors (Lipinski definition) is 0. The lowest BCUT2D eigenvalue weighted by atomic mass is 9.90. The summed E-state index contributed by atoms with van der Waals surface area (Å²) in [6.07, 6.45) is 9.44. The van der Waals surface area contributed by atoms with Crippen LogP contribution in [0.15, 0.2) is 71.8 Å². The van der Waals surface area contributed by atoms with Gasteiger partial charge in [-0.3, -0.25) is 19.5 Å². The zero-order valence-corrected chi connectivity index (χ0v) is 28.5. The minimum atomic E-state index is -3.21. The molecule has 4 aliphatic rings. The summed E-state index contributed by atoms with van der Waals surface area (Å²) in [4.78, 5) is 37.7. The number of nitrogens with zero attached hydrogens (tertiary/aromatic N) is 4. The Labute approximate surface area is 284 Å². The van der Waals surface area contributed by atoms with Crippen molar-refractivity contribution in [3.05, 3.63) is 83.7 Å². The van der Waals surface area contributed by atoms with E-state index in [-0.39, 0.29) is 23.0 Å². The summed E-state index contributed by atoms with van der Waals surface area (Å²) in [5.41, 5.74) is 3.59. The Balaban J connectivity index is 0.828. The molecule has 254 valence electrons. The number of ketones is 1. The van der Waals surface area contributed by atoms with Gasteiger partial charge in [0.2, 0.25) is 0 Å². The molecule has 0 N–H and O–H groups in total. The Morgan fingerprint density at radius 2 is 1.46 bits per heavy atom. The molecule has 1 aromatic heterocycles. The van der Waals surface area contributed by atoms with Crippen LogP contribution in [-0.2, 0) is 16.4 Å². The molecule has 4 fully saturated rings. The molecule has 4 heterocycles. The van der Waals surface area contributed by atoms with Crippen LogP contribution in [0.25, 0.3) is 0 Å². The van der Waals surface area contributed by atoms with Crippen molar-refractivity contribution in [2.45, 2.75) is 80.6 Å². The number of likely N-dealkylation sites (tertiary alicyclic amines) is 2. The number of anilines is 1. The first-order valence-electron chi connectivity index (χ1n) is 17.7. The van der Waals surface area contributed by atoms with Gasteiger partial charge in [-0.15, -0.1) is 0 Å². The first-order valence-corrected chi connectivity index (χ1v) is 19.2. The third-order valence-corrected chi connectivity index (χ3v) is 12.7. The molecular formula is C38H46N4O5S. The van der Waals surface area contributed by atoms with Gasteiger partial charge in [-0.25, -0.2) is 8.42 Å². The Morgan fingerprint density at radius 1 is 0.771 bits per heavy atom. The molecule has 1 amide bonds. The molecule has 0 radical (unpaired) electrons. The normalized spacial score (nSPS) is 19.8. The maximum atomic E-state index is 13.2. The first kappa shape index (κ1) is 32.8. The highest BCUT2D eigenvalue weighted by atomic mass is 32.2. The summed E-state index contributed by atoms with van der Waals surface area (Å²) in [6.45, 7) is 6.36. The van der Waals surface area contributed by atoms with Crippen LogP contribution in [0, 0.1) is 5.92 Å². The molecule has 3 aromatic rings. The van der Waals surface area contributed by atoms with Crippen molar-refractivity contribution in [1.82, 2.24) is 14.8 Å². The number of aromatic nitrogens is 1. The van der Waals surface area contributed by atoms with Crippen molar-refractivity contribution >= 4 is 27.2 Å². The fraction of sp³-hybridized carbons (Fsp3) is 0.500. The van der Waals surface area contributed by atoms with Gasteiger partial charge in [-0.1, -0.05) is 12.1 Å². The van der Waals surface area contributed by atoms with Gasteiger partial charge in [0.1, 0.15) is 17.5 Å². The van der Waals surface area contributed by atoms with E-state index < -0.39 is 9.84 Å². The predicted molar refractivity (Wildman–Crippen MR) is 185 cm³/mol. The van der Waals surface area contributed by atoms with E-state index in [4.69, 9.17) is 4.74 Å². The third kappa shape index (κ3) is 7.76. The summed E-state index contributed by atoms with van der Waals surface area (Å²) in [7, 11) is -3.21. The van der Waals surface area contributed by atoms with E-state index in [1.165, 1.54) is 24.1 Å². The van der Waals surface area contributed by atoms with Crippen LogP contribution in [0.4, 0.5) is 5.69 Å². The van der Waals surface area contributed by atoms with Gasteiger partial charge >= 0.3 is 0 Å². The summed E-state index contributed by atoms with van der Waals surface area (Å²) >= 11 is 0. The van der Waals surface area contributed by atoms with Crippen LogP contribution >= 0.6 is 0 Å². The molecule has 3 saturated heterocycles. The Kier molecular flexibility index (Phi) is 9.82. The molecule has 10 heteroatoms. The van der Waals surface area contributed by atoms with Crippen molar-refractivity contribution in [2.24, 2.45) is 5.92 Å². The van der Waals surface area contributed by atoms with Crippen molar-refractivity contribution in [3.63, 3.8) is 0 Å². The molecule has 2 aromatic carbocycles. The molecule has 9 nitrogen and oxygen atoms in total. The maximum Gasteiger partial charge on any atom is 0.272 e. The lowest BCUT2D eigenvalue weighted by molar-refractivity contribution is 0.0589. The highest BCUT2D eigenvalue weighted by molar-refractivity contribution is 7.92. The second-order valence-corrected chi connectivity index (χ2v) is 16.2. The van der Waals surface area contributed by atoms with Crippen LogP contribution in [0.3, 0.4) is 0 Å². The Hall–Kier alpha value is -3.76. The van der Waals surface area contributed by atoms with Gasteiger partial charge in [0.15, 0.2) is 15.6 Å². The molecule has 7 rings (SSSR count). The van der Waals surface area contributed by atoms with Crippen LogP contribution in [0.1, 0.15) is 84.2 Å². The summed E-state index contributed by atoms with van der Waals surface area (Å²) in [5, 5.41) is -0.231. The average molecular weight is 671 g/mol. The quantitative estimate of drug-likeness (QED) is 0.237. The SMILES string of the molecule is O=C(CC1CCN(Cc2ccc(N3CCCC3)cc2)CC1)c1ccc(C(=O)N2CCC(Oc3ccc(S(=O)(=O)C4CC4)cc3)CC2)nc1. The van der Waals surface area contributed by atoms with Gasteiger partial charge in [0, 0.05) is 69.4 Å². The monoisotopic (exact) mass is 670 g/mol. The second kappa shape index (κ2) is 14.4. The lowest BCUT2D eigenvalue weighted by Gasteiger charge is -2.32. The molecular weight excluding hydrogens is 625 g/mol. The number of amides is 1. The predicted octanol–water partition coefficient (Wildman–Crippen LogP) is 5.79. The third-order valence-electron chi connectivity index (χ3n) is 10.4. The van der Waals surface area contributed by atoms with Crippen molar-refractivity contribution in [3.8, 4) is 5.75 Å². The molecule has 0 atom stereocenters. The topological polar surface area (TPSA) is 100 Å². The highest BCUT2D eigenvalue weighted by Gasteiger charge is 2.37. The maximum absolute atomic E-state index is 13.2. The fourth-order valence-electron chi connectivity index (χ4n) is 7.27. The van der Waals surface area contributed by atoms with Crippen molar-refractivity contribution < 1.29 is 22.7 Å². The number of carbonyl (C=O) groups excluding carboxylic acids is 2. The van der Waals surface area contributed by atoms with Gasteiger partial charge in [-0.05, 0) is 112 Å². The summed E-state index contributed by atoms with van der Waals surface area (Å²) in [5.74, 6) is 0.957. The molecule has 3 aliphatic heterocycles. The van der Waals surface area contributed by atoms with E-state index in [9.17, 15) is 18.0 Å². The van der Waals surface area contributed by atoms with Crippen molar-refractivity contribution in [2.75, 3.05) is 44.2 Å². The number of benzene rings is 2. The highest BCUT2D eigenvalue weighted by Crippen LogP contribution is 2.34. The van der Waals surface area contributed by atoms with Gasteiger partial charge < -0.3 is 14.5 Å². The number of sulfone groups is 1. The van der Waals surface area contributed by atoms with E-state index in [1.807, 2.05) is 0 Å². The number of rotatable bonds is 11. The van der Waals surface area contributed by atoms with Gasteiger partial charge in [0.05, 0.1) is 10.1 Å². The minimum absolute atomic E-state index is 0.0501. The number of Topliss-reactive ketones (excluding diaryl/α,β-unsaturated/α-hetero) is 1. The number of hydrogen-bond acceptors (Lipinski definition) is 8. The minimum Gasteiger partial charge on any atom is -0.490 e. The van der Waals surface area contributed by atoms with E-state index in [0.29, 0.717) is 60.2 Å². The molecule has 1 aliphatic carbocycles. The van der Waals surface area contributed by atoms with Crippen LogP contribution < -0.4 is 9.64 Å². The van der Waals surface area contributed by atoms with Crippen LogP contribution in [0.5, 0.6) is 5.75 Å². The van der Waals surface area contributed by atoms with Gasteiger partial charge in [-0.2, -0.15) is 0 Å². The smallest absolute Gasteiger partial charge is 0.272 e. The van der Waals surface area contributed by atoms with Crippen molar-refractivity contribution in [1.29, 1.82) is 0 Å². The Bertz CT molecular complexity index is 1670. The van der Waals surface area contributed by atoms with Crippen LogP contribution in [0.2, 0.25) is 0 Å². The van der Waals surface area contributed by atoms with E-state index >= 15 is 0 Å². The second-order valence-electron chi connectivity index (χ2n) is 14.0. The number of pyridine rings is 1.